The number of amides is 1. The van der Waals surface area contributed by atoms with E-state index < -0.39 is 0 Å². The zero-order valence-electron chi connectivity index (χ0n) is 27.3. The Morgan fingerprint density at radius 3 is 2.02 bits per heavy atom. The summed E-state index contributed by atoms with van der Waals surface area (Å²) >= 11 is 0. The molecule has 0 spiro atoms. The molecule has 7 heteroatoms. The first-order chi connectivity index (χ1) is 22.0. The number of unbranched alkanes of at least 4 members (excludes halogenated alkanes) is 3. The van der Waals surface area contributed by atoms with Gasteiger partial charge in [-0.2, -0.15) is 0 Å². The van der Waals surface area contributed by atoms with Crippen LogP contribution < -0.4 is 14.8 Å². The molecule has 240 valence electrons. The van der Waals surface area contributed by atoms with Gasteiger partial charge in [-0.05, 0) is 106 Å². The summed E-state index contributed by atoms with van der Waals surface area (Å²) in [7, 11) is 1.59. The van der Waals surface area contributed by atoms with Crippen LogP contribution in [0.2, 0.25) is 0 Å². The second kappa shape index (κ2) is 17.4. The molecule has 0 aliphatic carbocycles. The van der Waals surface area contributed by atoms with Crippen molar-refractivity contribution in [3.05, 3.63) is 89.2 Å². The molecule has 1 aromatic heterocycles. The van der Waals surface area contributed by atoms with Crippen LogP contribution in [0.25, 0.3) is 11.0 Å². The standard InChI is InChI=1S/C38H48N2O5/c1-5-8-12-35-36(33-27-30(17-22-34(33)45-35)39-38(42)29-15-18-31(43-4)19-16-29)37(41)28-13-20-32(21-14-28)44-26-11-25-40(23-9-6-2)24-10-7-3/h13-22,27H,5-12,23-26H2,1-4H3,(H,39,42). The van der Waals surface area contributed by atoms with Gasteiger partial charge in [0.05, 0.1) is 19.3 Å². The van der Waals surface area contributed by atoms with Crippen LogP contribution in [0, 0.1) is 0 Å². The normalized spacial score (nSPS) is 11.2. The Hall–Kier alpha value is -4.10. The predicted octanol–water partition coefficient (Wildman–Crippen LogP) is 8.94. The monoisotopic (exact) mass is 612 g/mol. The van der Waals surface area contributed by atoms with Gasteiger partial charge in [0.15, 0.2) is 5.78 Å². The number of aryl methyl sites for hydroxylation is 1. The van der Waals surface area contributed by atoms with Crippen LogP contribution in [-0.4, -0.2) is 49.9 Å². The molecule has 1 amide bonds. The molecular formula is C38H48N2O5. The SMILES string of the molecule is CCCCc1oc2ccc(NC(=O)c3ccc(OC)cc3)cc2c1C(=O)c1ccc(OCCCN(CCCC)CCCC)cc1. The summed E-state index contributed by atoms with van der Waals surface area (Å²) in [6.45, 7) is 10.5. The van der Waals surface area contributed by atoms with Gasteiger partial charge in [-0.15, -0.1) is 0 Å². The van der Waals surface area contributed by atoms with Gasteiger partial charge in [-0.25, -0.2) is 0 Å². The van der Waals surface area contributed by atoms with Crippen LogP contribution in [0.5, 0.6) is 11.5 Å². The molecule has 7 nitrogen and oxygen atoms in total. The van der Waals surface area contributed by atoms with Crippen molar-refractivity contribution in [1.29, 1.82) is 0 Å². The minimum atomic E-state index is -0.246. The van der Waals surface area contributed by atoms with Crippen LogP contribution >= 0.6 is 0 Å². The Balaban J connectivity index is 1.46. The lowest BCUT2D eigenvalue weighted by molar-refractivity contribution is 0.102. The average Bonchev–Trinajstić information content (AvgIpc) is 3.43. The van der Waals surface area contributed by atoms with E-state index in [0.29, 0.717) is 57.9 Å². The van der Waals surface area contributed by atoms with Gasteiger partial charge in [0.1, 0.15) is 22.8 Å². The molecule has 4 aromatic rings. The number of hydrogen-bond acceptors (Lipinski definition) is 6. The van der Waals surface area contributed by atoms with E-state index >= 15 is 0 Å². The maximum absolute atomic E-state index is 13.9. The van der Waals surface area contributed by atoms with E-state index in [2.05, 4.69) is 31.0 Å². The fourth-order valence-corrected chi connectivity index (χ4v) is 5.36. The van der Waals surface area contributed by atoms with E-state index in [0.717, 1.165) is 44.6 Å². The summed E-state index contributed by atoms with van der Waals surface area (Å²) < 4.78 is 17.4. The molecule has 0 aliphatic rings. The van der Waals surface area contributed by atoms with Crippen molar-refractivity contribution >= 4 is 28.3 Å². The lowest BCUT2D eigenvalue weighted by Gasteiger charge is -2.21. The fraction of sp³-hybridized carbons (Fsp3) is 0.421. The van der Waals surface area contributed by atoms with Crippen molar-refractivity contribution in [3.63, 3.8) is 0 Å². The minimum Gasteiger partial charge on any atom is -0.497 e. The van der Waals surface area contributed by atoms with Crippen LogP contribution in [-0.2, 0) is 6.42 Å². The first-order valence-electron chi connectivity index (χ1n) is 16.5. The van der Waals surface area contributed by atoms with Gasteiger partial charge in [-0.1, -0.05) is 40.0 Å². The Morgan fingerprint density at radius 1 is 0.756 bits per heavy atom. The Bertz CT molecular complexity index is 1500. The number of hydrogen-bond donors (Lipinski definition) is 1. The average molecular weight is 613 g/mol. The number of rotatable bonds is 19. The molecule has 0 radical (unpaired) electrons. The number of furan rings is 1. The quantitative estimate of drug-likeness (QED) is 0.0841. The zero-order chi connectivity index (χ0) is 32.0. The van der Waals surface area contributed by atoms with Gasteiger partial charge >= 0.3 is 0 Å². The van der Waals surface area contributed by atoms with Gasteiger partial charge < -0.3 is 24.1 Å². The highest BCUT2D eigenvalue weighted by Crippen LogP contribution is 2.32. The molecule has 0 atom stereocenters. The highest BCUT2D eigenvalue weighted by atomic mass is 16.5. The molecule has 45 heavy (non-hydrogen) atoms. The van der Waals surface area contributed by atoms with E-state index in [1.54, 1.807) is 37.4 Å². The van der Waals surface area contributed by atoms with E-state index in [4.69, 9.17) is 13.9 Å². The summed E-state index contributed by atoms with van der Waals surface area (Å²) in [5, 5.41) is 3.64. The molecule has 1 heterocycles. The third-order valence-electron chi connectivity index (χ3n) is 8.02. The molecule has 0 bridgehead atoms. The van der Waals surface area contributed by atoms with Gasteiger partial charge in [0.2, 0.25) is 0 Å². The summed E-state index contributed by atoms with van der Waals surface area (Å²) in [6, 6.07) is 19.7. The molecule has 1 N–H and O–H groups in total. The van der Waals surface area contributed by atoms with Gasteiger partial charge in [0.25, 0.3) is 5.91 Å². The third kappa shape index (κ3) is 9.44. The smallest absolute Gasteiger partial charge is 0.255 e. The molecule has 0 saturated carbocycles. The predicted molar refractivity (Wildman–Crippen MR) is 182 cm³/mol. The minimum absolute atomic E-state index is 0.104. The van der Waals surface area contributed by atoms with Crippen molar-refractivity contribution in [1.82, 2.24) is 4.90 Å². The lowest BCUT2D eigenvalue weighted by atomic mass is 9.98. The molecule has 0 aliphatic heterocycles. The third-order valence-corrected chi connectivity index (χ3v) is 8.02. The summed E-state index contributed by atoms with van der Waals surface area (Å²) in [6.07, 6.45) is 8.39. The zero-order valence-corrected chi connectivity index (χ0v) is 27.3. The number of nitrogens with one attached hydrogen (secondary N) is 1. The highest BCUT2D eigenvalue weighted by Gasteiger charge is 2.23. The number of carbonyl (C=O) groups excluding carboxylic acids is 2. The Labute approximate surface area is 267 Å². The molecular weight excluding hydrogens is 564 g/mol. The molecule has 0 fully saturated rings. The highest BCUT2D eigenvalue weighted by molar-refractivity contribution is 6.17. The number of fused-ring (bicyclic) bond motifs is 1. The van der Waals surface area contributed by atoms with Crippen LogP contribution in [0.1, 0.15) is 97.8 Å². The first kappa shape index (κ1) is 33.8. The van der Waals surface area contributed by atoms with Crippen molar-refractivity contribution in [3.8, 4) is 11.5 Å². The summed E-state index contributed by atoms with van der Waals surface area (Å²) in [5.74, 6) is 1.76. The molecule has 4 rings (SSSR count). The lowest BCUT2D eigenvalue weighted by Crippen LogP contribution is -2.28. The summed E-state index contributed by atoms with van der Waals surface area (Å²) in [5.41, 5.74) is 2.84. The molecule has 3 aromatic carbocycles. The number of ether oxygens (including phenoxy) is 2. The van der Waals surface area contributed by atoms with Crippen molar-refractivity contribution < 1.29 is 23.5 Å². The summed E-state index contributed by atoms with van der Waals surface area (Å²) in [4.78, 5) is 29.4. The maximum atomic E-state index is 13.9. The Kier molecular flexibility index (Phi) is 13.1. The van der Waals surface area contributed by atoms with E-state index in [-0.39, 0.29) is 11.7 Å². The topological polar surface area (TPSA) is 81.0 Å². The van der Waals surface area contributed by atoms with Gasteiger partial charge in [-0.3, -0.25) is 9.59 Å². The largest absolute Gasteiger partial charge is 0.497 e. The number of carbonyl (C=O) groups is 2. The van der Waals surface area contributed by atoms with Gasteiger partial charge in [0, 0.05) is 35.2 Å². The number of nitrogens with zero attached hydrogens (tertiary/aromatic N) is 1. The van der Waals surface area contributed by atoms with Crippen molar-refractivity contribution in [2.24, 2.45) is 0 Å². The Morgan fingerprint density at radius 2 is 1.38 bits per heavy atom. The van der Waals surface area contributed by atoms with E-state index in [1.807, 2.05) is 36.4 Å². The second-order valence-electron chi connectivity index (χ2n) is 11.5. The molecule has 0 unspecified atom stereocenters. The number of benzene rings is 3. The van der Waals surface area contributed by atoms with Crippen molar-refractivity contribution in [2.45, 2.75) is 72.1 Å². The number of methoxy groups -OCH3 is 1. The van der Waals surface area contributed by atoms with E-state index in [1.165, 1.54) is 25.7 Å². The van der Waals surface area contributed by atoms with Crippen LogP contribution in [0.15, 0.2) is 71.1 Å². The first-order valence-corrected chi connectivity index (χ1v) is 16.5. The number of anilines is 1. The van der Waals surface area contributed by atoms with Crippen molar-refractivity contribution in [2.75, 3.05) is 38.7 Å². The fourth-order valence-electron chi connectivity index (χ4n) is 5.36. The van der Waals surface area contributed by atoms with Crippen LogP contribution in [0.3, 0.4) is 0 Å². The number of ketones is 1. The second-order valence-corrected chi connectivity index (χ2v) is 11.5. The van der Waals surface area contributed by atoms with E-state index in [9.17, 15) is 9.59 Å². The maximum Gasteiger partial charge on any atom is 0.255 e. The van der Waals surface area contributed by atoms with Crippen LogP contribution in [0.4, 0.5) is 5.69 Å². The molecule has 0 saturated heterocycles.